The molecule has 3 rings (SSSR count). The van der Waals surface area contributed by atoms with Gasteiger partial charge in [-0.2, -0.15) is 0 Å². The third-order valence-electron chi connectivity index (χ3n) is 5.99. The zero-order valence-electron chi connectivity index (χ0n) is 19.9. The standard InChI is InChI=1S/C24H30F3N4OP/c1-12(2)33(32,13(3)4)20-11-19-23(30-16(7)31-24(19)29-15(20)6)28-14(5)17-9-8-10-18(21(17)25)22(26)27/h8-14,22H,1-7H3,(H,28,29,30,31)/t14-/m1/s1. The van der Waals surface area contributed by atoms with Crippen molar-refractivity contribution in [3.63, 3.8) is 0 Å². The van der Waals surface area contributed by atoms with Crippen LogP contribution in [0.3, 0.4) is 0 Å². The van der Waals surface area contributed by atoms with Crippen molar-refractivity contribution in [2.45, 2.75) is 72.3 Å². The Kier molecular flexibility index (Phi) is 7.18. The lowest BCUT2D eigenvalue weighted by Crippen LogP contribution is -2.23. The number of halogens is 3. The van der Waals surface area contributed by atoms with Crippen LogP contribution in [0.1, 0.15) is 69.7 Å². The number of nitrogens with one attached hydrogen (secondary N) is 1. The van der Waals surface area contributed by atoms with E-state index in [4.69, 9.17) is 0 Å². The van der Waals surface area contributed by atoms with E-state index in [1.54, 1.807) is 13.8 Å². The van der Waals surface area contributed by atoms with Crippen LogP contribution in [0.5, 0.6) is 0 Å². The van der Waals surface area contributed by atoms with Gasteiger partial charge in [0.05, 0.1) is 22.7 Å². The van der Waals surface area contributed by atoms with E-state index in [-0.39, 0.29) is 16.9 Å². The molecule has 0 spiro atoms. The van der Waals surface area contributed by atoms with Gasteiger partial charge in [-0.3, -0.25) is 0 Å². The van der Waals surface area contributed by atoms with Gasteiger partial charge in [-0.15, -0.1) is 0 Å². The summed E-state index contributed by atoms with van der Waals surface area (Å²) in [6, 6.07) is 5.11. The van der Waals surface area contributed by atoms with Gasteiger partial charge in [0.15, 0.2) is 5.65 Å². The quantitative estimate of drug-likeness (QED) is 0.383. The van der Waals surface area contributed by atoms with Crippen molar-refractivity contribution in [1.29, 1.82) is 0 Å². The molecule has 33 heavy (non-hydrogen) atoms. The Morgan fingerprint density at radius 2 is 1.55 bits per heavy atom. The molecule has 178 valence electrons. The molecule has 0 amide bonds. The number of hydrogen-bond donors (Lipinski definition) is 1. The first-order valence-electron chi connectivity index (χ1n) is 11.0. The maximum atomic E-state index is 14.7. The second-order valence-electron chi connectivity index (χ2n) is 8.90. The van der Waals surface area contributed by atoms with E-state index < -0.39 is 31.0 Å². The molecule has 2 heterocycles. The number of anilines is 1. The molecule has 0 aliphatic heterocycles. The van der Waals surface area contributed by atoms with E-state index in [0.717, 1.165) is 6.07 Å². The van der Waals surface area contributed by atoms with Crippen LogP contribution >= 0.6 is 7.14 Å². The van der Waals surface area contributed by atoms with E-state index in [0.29, 0.717) is 33.7 Å². The lowest BCUT2D eigenvalue weighted by Gasteiger charge is -2.28. The zero-order valence-corrected chi connectivity index (χ0v) is 20.8. The Morgan fingerprint density at radius 3 is 2.12 bits per heavy atom. The van der Waals surface area contributed by atoms with Crippen LogP contribution in [0.4, 0.5) is 19.0 Å². The van der Waals surface area contributed by atoms with Crippen LogP contribution in [-0.4, -0.2) is 26.3 Å². The van der Waals surface area contributed by atoms with Crippen LogP contribution in [0.25, 0.3) is 11.0 Å². The number of pyridine rings is 1. The summed E-state index contributed by atoms with van der Waals surface area (Å²) in [5.74, 6) is -0.101. The minimum Gasteiger partial charge on any atom is -0.363 e. The van der Waals surface area contributed by atoms with Gasteiger partial charge in [0.25, 0.3) is 6.43 Å². The number of aromatic nitrogens is 3. The van der Waals surface area contributed by atoms with Crippen molar-refractivity contribution in [3.8, 4) is 0 Å². The summed E-state index contributed by atoms with van der Waals surface area (Å²) < 4.78 is 55.1. The molecule has 0 radical (unpaired) electrons. The highest BCUT2D eigenvalue weighted by atomic mass is 31.2. The SMILES string of the molecule is Cc1nc(N[C@H](C)c2cccc(C(F)F)c2F)c2cc(P(=O)(C(C)C)C(C)C)c(C)nc2n1. The molecule has 1 atom stereocenters. The predicted octanol–water partition coefficient (Wildman–Crippen LogP) is 6.70. The molecule has 5 nitrogen and oxygen atoms in total. The van der Waals surface area contributed by atoms with Gasteiger partial charge in [-0.05, 0) is 26.8 Å². The van der Waals surface area contributed by atoms with Crippen molar-refractivity contribution in [1.82, 2.24) is 15.0 Å². The van der Waals surface area contributed by atoms with Gasteiger partial charge in [0, 0.05) is 22.2 Å². The van der Waals surface area contributed by atoms with Gasteiger partial charge in [0.1, 0.15) is 24.6 Å². The molecular formula is C24H30F3N4OP. The first-order chi connectivity index (χ1) is 15.4. The molecule has 1 N–H and O–H groups in total. The second kappa shape index (κ2) is 9.41. The molecule has 1 aromatic carbocycles. The summed E-state index contributed by atoms with van der Waals surface area (Å²) in [6.45, 7) is 13.0. The average Bonchev–Trinajstić information content (AvgIpc) is 2.72. The maximum absolute atomic E-state index is 14.7. The van der Waals surface area contributed by atoms with Gasteiger partial charge in [0.2, 0.25) is 0 Å². The fourth-order valence-electron chi connectivity index (χ4n) is 4.21. The fourth-order valence-corrected chi connectivity index (χ4v) is 7.40. The minimum absolute atomic E-state index is 0.0802. The Balaban J connectivity index is 2.16. The molecule has 0 unspecified atom stereocenters. The number of benzene rings is 1. The van der Waals surface area contributed by atoms with Crippen molar-refractivity contribution in [3.05, 3.63) is 52.7 Å². The molecule has 2 aromatic heterocycles. The van der Waals surface area contributed by atoms with Gasteiger partial charge in [-0.25, -0.2) is 28.1 Å². The third kappa shape index (κ3) is 4.63. The van der Waals surface area contributed by atoms with E-state index in [1.807, 2.05) is 40.7 Å². The zero-order chi connectivity index (χ0) is 24.7. The van der Waals surface area contributed by atoms with Crippen molar-refractivity contribution < 1.29 is 17.7 Å². The number of alkyl halides is 2. The second-order valence-corrected chi connectivity index (χ2v) is 12.9. The minimum atomic E-state index is -2.91. The van der Waals surface area contributed by atoms with Crippen LogP contribution in [0.15, 0.2) is 24.3 Å². The molecule has 0 fully saturated rings. The molecule has 0 aliphatic rings. The van der Waals surface area contributed by atoms with E-state index in [1.165, 1.54) is 12.1 Å². The Labute approximate surface area is 192 Å². The Morgan fingerprint density at radius 1 is 0.939 bits per heavy atom. The molecule has 0 saturated carbocycles. The Bertz CT molecular complexity index is 1220. The lowest BCUT2D eigenvalue weighted by molar-refractivity contribution is 0.146. The van der Waals surface area contributed by atoms with Crippen LogP contribution < -0.4 is 10.6 Å². The highest BCUT2D eigenvalue weighted by Crippen LogP contribution is 2.54. The highest BCUT2D eigenvalue weighted by molar-refractivity contribution is 7.72. The fraction of sp³-hybridized carbons (Fsp3) is 0.458. The first kappa shape index (κ1) is 25.2. The smallest absolute Gasteiger partial charge is 0.266 e. The average molecular weight is 478 g/mol. The normalized spacial score (nSPS) is 13.4. The van der Waals surface area contributed by atoms with Gasteiger partial charge < -0.3 is 9.88 Å². The van der Waals surface area contributed by atoms with E-state index in [9.17, 15) is 17.7 Å². The number of aryl methyl sites for hydroxylation is 2. The number of rotatable bonds is 7. The summed E-state index contributed by atoms with van der Waals surface area (Å²) in [6.07, 6.45) is -2.91. The monoisotopic (exact) mass is 478 g/mol. The maximum Gasteiger partial charge on any atom is 0.266 e. The van der Waals surface area contributed by atoms with E-state index in [2.05, 4.69) is 20.3 Å². The number of nitrogens with zero attached hydrogens (tertiary/aromatic N) is 3. The number of hydrogen-bond acceptors (Lipinski definition) is 5. The molecule has 3 aromatic rings. The number of fused-ring (bicyclic) bond motifs is 1. The van der Waals surface area contributed by atoms with Gasteiger partial charge in [-0.1, -0.05) is 45.9 Å². The van der Waals surface area contributed by atoms with Crippen LogP contribution in [0, 0.1) is 19.7 Å². The molecule has 0 bridgehead atoms. The Hall–Kier alpha value is -2.47. The summed E-state index contributed by atoms with van der Waals surface area (Å²) in [5, 5.41) is 4.37. The van der Waals surface area contributed by atoms with Crippen molar-refractivity contribution in [2.75, 3.05) is 5.32 Å². The van der Waals surface area contributed by atoms with Gasteiger partial charge >= 0.3 is 0 Å². The summed E-state index contributed by atoms with van der Waals surface area (Å²) in [4.78, 5) is 13.5. The third-order valence-corrected chi connectivity index (χ3v) is 10.3. The first-order valence-corrected chi connectivity index (χ1v) is 12.8. The summed E-state index contributed by atoms with van der Waals surface area (Å²) >= 11 is 0. The molecule has 0 saturated heterocycles. The van der Waals surface area contributed by atoms with E-state index >= 15 is 0 Å². The van der Waals surface area contributed by atoms with Crippen molar-refractivity contribution in [2.24, 2.45) is 0 Å². The highest BCUT2D eigenvalue weighted by Gasteiger charge is 2.35. The molecule has 9 heteroatoms. The predicted molar refractivity (Wildman–Crippen MR) is 128 cm³/mol. The topological polar surface area (TPSA) is 67.8 Å². The van der Waals surface area contributed by atoms with Crippen LogP contribution in [0.2, 0.25) is 0 Å². The summed E-state index contributed by atoms with van der Waals surface area (Å²) in [7, 11) is -2.80. The molecule has 0 aliphatic carbocycles. The van der Waals surface area contributed by atoms with Crippen molar-refractivity contribution >= 4 is 29.3 Å². The van der Waals surface area contributed by atoms with Crippen LogP contribution in [-0.2, 0) is 4.57 Å². The molecular weight excluding hydrogens is 448 g/mol. The summed E-state index contributed by atoms with van der Waals surface area (Å²) in [5.41, 5.74) is 0.388. The lowest BCUT2D eigenvalue weighted by atomic mass is 10.0. The largest absolute Gasteiger partial charge is 0.363 e.